The van der Waals surface area contributed by atoms with Crippen molar-refractivity contribution in [3.8, 4) is 0 Å². The Balaban J connectivity index is 2.55. The second-order valence-corrected chi connectivity index (χ2v) is 3.64. The Morgan fingerprint density at radius 1 is 1.53 bits per heavy atom. The third kappa shape index (κ3) is 3.38. The van der Waals surface area contributed by atoms with Crippen LogP contribution >= 0.6 is 0 Å². The van der Waals surface area contributed by atoms with E-state index < -0.39 is 12.2 Å². The lowest BCUT2D eigenvalue weighted by molar-refractivity contribution is -0.158. The second-order valence-electron chi connectivity index (χ2n) is 3.64. The molecule has 0 aliphatic carbocycles. The third-order valence-corrected chi connectivity index (χ3v) is 2.50. The maximum atomic E-state index is 11.6. The van der Waals surface area contributed by atoms with Gasteiger partial charge in [-0.3, -0.25) is 4.79 Å². The smallest absolute Gasteiger partial charge is 0.332 e. The molecule has 1 fully saturated rings. The van der Waals surface area contributed by atoms with Crippen molar-refractivity contribution in [3.05, 3.63) is 12.7 Å². The summed E-state index contributed by atoms with van der Waals surface area (Å²) in [6.45, 7) is 5.70. The molecular weight excluding hydrogens is 194 g/mol. The van der Waals surface area contributed by atoms with E-state index in [1.807, 2.05) is 0 Å². The highest BCUT2D eigenvalue weighted by molar-refractivity contribution is 5.82. The average molecular weight is 211 g/mol. The van der Waals surface area contributed by atoms with E-state index in [1.54, 1.807) is 11.8 Å². The van der Waals surface area contributed by atoms with E-state index in [-0.39, 0.29) is 5.91 Å². The van der Waals surface area contributed by atoms with Crippen LogP contribution in [0.2, 0.25) is 0 Å². The van der Waals surface area contributed by atoms with Gasteiger partial charge in [-0.25, -0.2) is 4.79 Å². The minimum absolute atomic E-state index is 0.0665. The van der Waals surface area contributed by atoms with Crippen LogP contribution in [0.25, 0.3) is 0 Å². The Labute approximate surface area is 89.9 Å². The van der Waals surface area contributed by atoms with E-state index in [0.717, 1.165) is 25.3 Å². The monoisotopic (exact) mass is 211 g/mol. The van der Waals surface area contributed by atoms with Crippen LogP contribution in [-0.2, 0) is 14.3 Å². The first-order chi connectivity index (χ1) is 7.15. The molecule has 15 heavy (non-hydrogen) atoms. The van der Waals surface area contributed by atoms with Crippen molar-refractivity contribution in [1.82, 2.24) is 4.90 Å². The first-order valence-electron chi connectivity index (χ1n) is 5.27. The predicted octanol–water partition coefficient (Wildman–Crippen LogP) is 1.46. The molecule has 0 radical (unpaired) electrons. The van der Waals surface area contributed by atoms with Crippen LogP contribution < -0.4 is 0 Å². The van der Waals surface area contributed by atoms with Gasteiger partial charge in [0.05, 0.1) is 0 Å². The van der Waals surface area contributed by atoms with E-state index in [0.29, 0.717) is 13.0 Å². The number of hydrogen-bond donors (Lipinski definition) is 0. The molecule has 4 nitrogen and oxygen atoms in total. The lowest BCUT2D eigenvalue weighted by atomic mass is 10.2. The summed E-state index contributed by atoms with van der Waals surface area (Å²) < 4.78 is 5.01. The van der Waals surface area contributed by atoms with Gasteiger partial charge >= 0.3 is 5.97 Å². The summed E-state index contributed by atoms with van der Waals surface area (Å²) in [5.74, 6) is -0.420. The number of likely N-dealkylation sites (tertiary alicyclic amines) is 1. The van der Waals surface area contributed by atoms with E-state index in [4.69, 9.17) is 4.74 Å². The Morgan fingerprint density at radius 2 is 2.27 bits per heavy atom. The topological polar surface area (TPSA) is 46.6 Å². The van der Waals surface area contributed by atoms with E-state index in [1.165, 1.54) is 0 Å². The zero-order chi connectivity index (χ0) is 11.3. The van der Waals surface area contributed by atoms with Gasteiger partial charge in [0.15, 0.2) is 6.23 Å². The molecule has 0 spiro atoms. The molecule has 1 amide bonds. The summed E-state index contributed by atoms with van der Waals surface area (Å²) in [6, 6.07) is 0. The van der Waals surface area contributed by atoms with Crippen LogP contribution in [0.4, 0.5) is 0 Å². The second kappa shape index (κ2) is 5.53. The van der Waals surface area contributed by atoms with Gasteiger partial charge in [0, 0.05) is 19.0 Å². The first kappa shape index (κ1) is 11.8. The van der Waals surface area contributed by atoms with Crippen LogP contribution in [0.15, 0.2) is 12.7 Å². The molecule has 1 saturated heterocycles. The summed E-state index contributed by atoms with van der Waals surface area (Å²) in [6.07, 6.45) is 4.14. The molecule has 1 aliphatic heterocycles. The molecule has 0 aromatic heterocycles. The lowest BCUT2D eigenvalue weighted by Gasteiger charge is -2.26. The quantitative estimate of drug-likeness (QED) is 0.524. The number of amides is 1. The van der Waals surface area contributed by atoms with E-state index in [2.05, 4.69) is 6.58 Å². The van der Waals surface area contributed by atoms with Gasteiger partial charge in [-0.05, 0) is 19.8 Å². The van der Waals surface area contributed by atoms with Crippen molar-refractivity contribution >= 4 is 11.9 Å². The predicted molar refractivity (Wildman–Crippen MR) is 55.9 cm³/mol. The van der Waals surface area contributed by atoms with Crippen LogP contribution in [0.3, 0.4) is 0 Å². The van der Waals surface area contributed by atoms with Crippen molar-refractivity contribution in [2.75, 3.05) is 6.54 Å². The maximum absolute atomic E-state index is 11.6. The molecule has 1 aliphatic rings. The van der Waals surface area contributed by atoms with Crippen molar-refractivity contribution in [1.29, 1.82) is 0 Å². The number of hydrogen-bond acceptors (Lipinski definition) is 3. The number of rotatable bonds is 3. The first-order valence-corrected chi connectivity index (χ1v) is 5.27. The summed E-state index contributed by atoms with van der Waals surface area (Å²) >= 11 is 0. The van der Waals surface area contributed by atoms with Crippen molar-refractivity contribution in [2.45, 2.75) is 38.8 Å². The molecule has 0 bridgehead atoms. The maximum Gasteiger partial charge on any atom is 0.332 e. The SMILES string of the molecule is C=CC(=O)OC(C)N1CCCCCC1=O. The standard InChI is InChI=1S/C11H17NO3/c1-3-11(14)15-9(2)12-8-6-4-5-7-10(12)13/h3,9H,1,4-8H2,2H3. The zero-order valence-electron chi connectivity index (χ0n) is 9.07. The van der Waals surface area contributed by atoms with Crippen LogP contribution in [0.1, 0.15) is 32.6 Å². The Kier molecular flexibility index (Phi) is 4.34. The normalized spacial score (nSPS) is 19.3. The van der Waals surface area contributed by atoms with Gasteiger partial charge < -0.3 is 9.64 Å². The lowest BCUT2D eigenvalue weighted by Crippen LogP contribution is -2.40. The molecule has 84 valence electrons. The van der Waals surface area contributed by atoms with Crippen molar-refractivity contribution in [3.63, 3.8) is 0 Å². The summed E-state index contributed by atoms with van der Waals surface area (Å²) in [5.41, 5.74) is 0. The number of nitrogens with zero attached hydrogens (tertiary/aromatic N) is 1. The third-order valence-electron chi connectivity index (χ3n) is 2.50. The minimum atomic E-state index is -0.487. The Morgan fingerprint density at radius 3 is 2.93 bits per heavy atom. The molecule has 0 aromatic rings. The van der Waals surface area contributed by atoms with Gasteiger partial charge in [0.1, 0.15) is 0 Å². The zero-order valence-corrected chi connectivity index (χ0v) is 9.07. The number of carbonyl (C=O) groups is 2. The number of ether oxygens (including phenoxy) is 1. The van der Waals surface area contributed by atoms with Gasteiger partial charge in [0.25, 0.3) is 0 Å². The van der Waals surface area contributed by atoms with Gasteiger partial charge in [-0.2, -0.15) is 0 Å². The molecule has 1 heterocycles. The molecule has 1 unspecified atom stereocenters. The highest BCUT2D eigenvalue weighted by Crippen LogP contribution is 2.14. The van der Waals surface area contributed by atoms with Crippen LogP contribution in [0.5, 0.6) is 0 Å². The molecule has 0 aromatic carbocycles. The van der Waals surface area contributed by atoms with Crippen molar-refractivity contribution in [2.24, 2.45) is 0 Å². The fourth-order valence-electron chi connectivity index (χ4n) is 1.67. The minimum Gasteiger partial charge on any atom is -0.439 e. The Hall–Kier alpha value is -1.32. The molecular formula is C11H17NO3. The average Bonchev–Trinajstić information content (AvgIpc) is 2.42. The molecule has 4 heteroatoms. The van der Waals surface area contributed by atoms with Gasteiger partial charge in [0.2, 0.25) is 5.91 Å². The Bertz CT molecular complexity index is 263. The van der Waals surface area contributed by atoms with Gasteiger partial charge in [-0.15, -0.1) is 0 Å². The van der Waals surface area contributed by atoms with E-state index >= 15 is 0 Å². The number of carbonyl (C=O) groups excluding carboxylic acids is 2. The fraction of sp³-hybridized carbons (Fsp3) is 0.636. The van der Waals surface area contributed by atoms with E-state index in [9.17, 15) is 9.59 Å². The molecule has 0 N–H and O–H groups in total. The highest BCUT2D eigenvalue weighted by atomic mass is 16.6. The van der Waals surface area contributed by atoms with Crippen molar-refractivity contribution < 1.29 is 14.3 Å². The molecule has 0 saturated carbocycles. The van der Waals surface area contributed by atoms with Gasteiger partial charge in [-0.1, -0.05) is 13.0 Å². The van der Waals surface area contributed by atoms with Crippen LogP contribution in [-0.4, -0.2) is 29.5 Å². The summed E-state index contributed by atoms with van der Waals surface area (Å²) in [7, 11) is 0. The summed E-state index contributed by atoms with van der Waals surface area (Å²) in [5, 5.41) is 0. The number of esters is 1. The summed E-state index contributed by atoms with van der Waals surface area (Å²) in [4.78, 5) is 24.2. The fourth-order valence-corrected chi connectivity index (χ4v) is 1.67. The van der Waals surface area contributed by atoms with Crippen LogP contribution in [0, 0.1) is 0 Å². The molecule has 1 atom stereocenters. The molecule has 1 rings (SSSR count). The highest BCUT2D eigenvalue weighted by Gasteiger charge is 2.23. The largest absolute Gasteiger partial charge is 0.439 e.